The molecule has 0 saturated heterocycles. The van der Waals surface area contributed by atoms with E-state index in [4.69, 9.17) is 9.52 Å². The van der Waals surface area contributed by atoms with Crippen molar-refractivity contribution in [2.45, 2.75) is 20.4 Å². The van der Waals surface area contributed by atoms with Crippen LogP contribution in [0.25, 0.3) is 22.7 Å². The van der Waals surface area contributed by atoms with E-state index < -0.39 is 5.97 Å². The highest BCUT2D eigenvalue weighted by molar-refractivity contribution is 5.74. The molecule has 2 aromatic heterocycles. The topological polar surface area (TPSA) is 85.3 Å². The van der Waals surface area contributed by atoms with E-state index in [-0.39, 0.29) is 12.3 Å². The monoisotopic (exact) mass is 324 g/mol. The van der Waals surface area contributed by atoms with Gasteiger partial charge in [0.1, 0.15) is 18.1 Å². The molecular formula is C18H16N2O4. The van der Waals surface area contributed by atoms with E-state index in [1.807, 2.05) is 38.1 Å². The quantitative estimate of drug-likeness (QED) is 0.728. The summed E-state index contributed by atoms with van der Waals surface area (Å²) in [5.41, 5.74) is 3.19. The maximum absolute atomic E-state index is 11.1. The van der Waals surface area contributed by atoms with E-state index in [2.05, 4.69) is 4.98 Å². The van der Waals surface area contributed by atoms with Crippen molar-refractivity contribution < 1.29 is 19.1 Å². The Balaban J connectivity index is 2.07. The molecule has 122 valence electrons. The summed E-state index contributed by atoms with van der Waals surface area (Å²) < 4.78 is 7.12. The molecule has 24 heavy (non-hydrogen) atoms. The Bertz CT molecular complexity index is 921. The molecule has 0 amide bonds. The first kappa shape index (κ1) is 15.7. The lowest BCUT2D eigenvalue weighted by molar-refractivity contribution is -0.137. The molecule has 0 unspecified atom stereocenters. The molecule has 2 heterocycles. The van der Waals surface area contributed by atoms with Crippen molar-refractivity contribution in [1.29, 1.82) is 0 Å². The highest BCUT2D eigenvalue weighted by atomic mass is 16.4. The van der Waals surface area contributed by atoms with Crippen LogP contribution in [-0.4, -0.2) is 26.9 Å². The summed E-state index contributed by atoms with van der Waals surface area (Å²) in [6.45, 7) is 3.55. The molecule has 0 bridgehead atoms. The first-order chi connectivity index (χ1) is 11.5. The number of benzene rings is 1. The number of rotatable bonds is 5. The van der Waals surface area contributed by atoms with E-state index in [0.717, 1.165) is 22.5 Å². The van der Waals surface area contributed by atoms with Crippen LogP contribution in [0.5, 0.6) is 0 Å². The zero-order valence-electron chi connectivity index (χ0n) is 13.3. The van der Waals surface area contributed by atoms with E-state index in [1.54, 1.807) is 16.7 Å². The second-order valence-electron chi connectivity index (χ2n) is 5.49. The van der Waals surface area contributed by atoms with Crippen LogP contribution < -0.4 is 0 Å². The van der Waals surface area contributed by atoms with Gasteiger partial charge in [-0.1, -0.05) is 18.2 Å². The minimum absolute atomic E-state index is 0.151. The number of imidazole rings is 1. The fourth-order valence-corrected chi connectivity index (χ4v) is 2.59. The highest BCUT2D eigenvalue weighted by Gasteiger charge is 2.16. The minimum Gasteiger partial charge on any atom is -0.480 e. The molecule has 0 radical (unpaired) electrons. The molecule has 3 aromatic rings. The number of carbonyl (C=O) groups excluding carboxylic acids is 1. The Hall–Kier alpha value is -3.15. The third kappa shape index (κ3) is 2.86. The second kappa shape index (κ2) is 6.16. The number of hydrogen-bond acceptors (Lipinski definition) is 4. The third-order valence-corrected chi connectivity index (χ3v) is 3.90. The summed E-state index contributed by atoms with van der Waals surface area (Å²) in [4.78, 5) is 26.4. The summed E-state index contributed by atoms with van der Waals surface area (Å²) in [7, 11) is 0. The van der Waals surface area contributed by atoms with Crippen LogP contribution in [0.4, 0.5) is 0 Å². The van der Waals surface area contributed by atoms with Crippen LogP contribution in [0.15, 0.2) is 40.8 Å². The zero-order chi connectivity index (χ0) is 17.3. The minimum atomic E-state index is -0.922. The van der Waals surface area contributed by atoms with Gasteiger partial charge < -0.3 is 14.1 Å². The number of aromatic nitrogens is 2. The molecule has 0 aliphatic heterocycles. The van der Waals surface area contributed by atoms with E-state index in [1.165, 1.54) is 0 Å². The molecule has 0 fully saturated rings. The van der Waals surface area contributed by atoms with E-state index in [0.29, 0.717) is 17.9 Å². The Morgan fingerprint density at radius 2 is 2.00 bits per heavy atom. The van der Waals surface area contributed by atoms with E-state index >= 15 is 0 Å². The summed E-state index contributed by atoms with van der Waals surface area (Å²) in [6, 6.07) is 10.8. The number of hydrogen-bond donors (Lipinski definition) is 1. The molecule has 0 atom stereocenters. The zero-order valence-corrected chi connectivity index (χ0v) is 13.3. The largest absolute Gasteiger partial charge is 0.480 e. The summed E-state index contributed by atoms with van der Waals surface area (Å²) in [6.07, 6.45) is 0.652. The molecule has 0 spiro atoms. The average Bonchev–Trinajstić information content (AvgIpc) is 3.15. The van der Waals surface area contributed by atoms with Gasteiger partial charge in [0.2, 0.25) is 0 Å². The predicted molar refractivity (Wildman–Crippen MR) is 87.9 cm³/mol. The van der Waals surface area contributed by atoms with Gasteiger partial charge in [0.15, 0.2) is 12.0 Å². The van der Waals surface area contributed by atoms with Crippen molar-refractivity contribution in [3.05, 3.63) is 53.5 Å². The number of aryl methyl sites for hydroxylation is 1. The van der Waals surface area contributed by atoms with Crippen molar-refractivity contribution >= 4 is 12.3 Å². The SMILES string of the molecule is Cc1nc(-c2cccc(-c3ccc(C=O)o3)c2)n(CC(=O)O)c1C. The molecule has 6 heteroatoms. The van der Waals surface area contributed by atoms with Crippen LogP contribution in [0, 0.1) is 13.8 Å². The van der Waals surface area contributed by atoms with Crippen molar-refractivity contribution in [2.24, 2.45) is 0 Å². The van der Waals surface area contributed by atoms with Gasteiger partial charge in [-0.15, -0.1) is 0 Å². The van der Waals surface area contributed by atoms with Gasteiger partial charge in [0.25, 0.3) is 0 Å². The highest BCUT2D eigenvalue weighted by Crippen LogP contribution is 2.28. The molecular weight excluding hydrogens is 308 g/mol. The van der Waals surface area contributed by atoms with Gasteiger partial charge in [0.05, 0.1) is 5.69 Å². The first-order valence-corrected chi connectivity index (χ1v) is 7.41. The maximum atomic E-state index is 11.1. The van der Waals surface area contributed by atoms with Crippen LogP contribution in [0.1, 0.15) is 21.9 Å². The van der Waals surface area contributed by atoms with Crippen LogP contribution in [-0.2, 0) is 11.3 Å². The van der Waals surface area contributed by atoms with Crippen LogP contribution in [0.2, 0.25) is 0 Å². The number of nitrogens with zero attached hydrogens (tertiary/aromatic N) is 2. The smallest absolute Gasteiger partial charge is 0.323 e. The van der Waals surface area contributed by atoms with Gasteiger partial charge in [-0.05, 0) is 32.0 Å². The van der Waals surface area contributed by atoms with Gasteiger partial charge in [-0.2, -0.15) is 0 Å². The first-order valence-electron chi connectivity index (χ1n) is 7.41. The Morgan fingerprint density at radius 1 is 1.25 bits per heavy atom. The van der Waals surface area contributed by atoms with Crippen LogP contribution in [0.3, 0.4) is 0 Å². The van der Waals surface area contributed by atoms with E-state index in [9.17, 15) is 9.59 Å². The Labute approximate surface area is 138 Å². The molecule has 6 nitrogen and oxygen atoms in total. The fourth-order valence-electron chi connectivity index (χ4n) is 2.59. The molecule has 1 N–H and O–H groups in total. The Morgan fingerprint density at radius 3 is 2.67 bits per heavy atom. The van der Waals surface area contributed by atoms with Crippen molar-refractivity contribution in [1.82, 2.24) is 9.55 Å². The second-order valence-corrected chi connectivity index (χ2v) is 5.49. The number of carboxylic acid groups (broad SMARTS) is 1. The standard InChI is InChI=1S/C18H16N2O4/c1-11-12(2)20(9-17(22)23)18(19-11)14-5-3-4-13(8-14)16-7-6-15(10-21)24-16/h3-8,10H,9H2,1-2H3,(H,22,23). The van der Waals surface area contributed by atoms with Gasteiger partial charge >= 0.3 is 5.97 Å². The lowest BCUT2D eigenvalue weighted by atomic mass is 10.1. The maximum Gasteiger partial charge on any atom is 0.323 e. The molecule has 1 aromatic carbocycles. The van der Waals surface area contributed by atoms with Gasteiger partial charge in [0, 0.05) is 16.8 Å². The van der Waals surface area contributed by atoms with Gasteiger partial charge in [-0.3, -0.25) is 9.59 Å². The van der Waals surface area contributed by atoms with Crippen LogP contribution >= 0.6 is 0 Å². The number of carbonyl (C=O) groups is 2. The summed E-state index contributed by atoms with van der Waals surface area (Å²) >= 11 is 0. The molecule has 0 aliphatic carbocycles. The number of furan rings is 1. The summed E-state index contributed by atoms with van der Waals surface area (Å²) in [5, 5.41) is 9.14. The molecule has 0 aliphatic rings. The lowest BCUT2D eigenvalue weighted by Crippen LogP contribution is -2.11. The van der Waals surface area contributed by atoms with Crippen molar-refractivity contribution in [3.8, 4) is 22.7 Å². The normalized spacial score (nSPS) is 10.8. The average molecular weight is 324 g/mol. The summed E-state index contributed by atoms with van der Waals surface area (Å²) in [5.74, 6) is 0.504. The van der Waals surface area contributed by atoms with Crippen molar-refractivity contribution in [3.63, 3.8) is 0 Å². The van der Waals surface area contributed by atoms with Gasteiger partial charge in [-0.25, -0.2) is 4.98 Å². The Kier molecular flexibility index (Phi) is 4.04. The molecule has 0 saturated carbocycles. The number of carboxylic acids is 1. The third-order valence-electron chi connectivity index (χ3n) is 3.90. The fraction of sp³-hybridized carbons (Fsp3) is 0.167. The van der Waals surface area contributed by atoms with Crippen molar-refractivity contribution in [2.75, 3.05) is 0 Å². The lowest BCUT2D eigenvalue weighted by Gasteiger charge is -2.08. The number of aldehydes is 1. The molecule has 3 rings (SSSR count). The predicted octanol–water partition coefficient (Wildman–Crippen LogP) is 3.32. The number of aliphatic carboxylic acids is 1.